The second-order valence-electron chi connectivity index (χ2n) is 5.67. The Morgan fingerprint density at radius 3 is 2.80 bits per heavy atom. The number of nitrogens with one attached hydrogen (secondary N) is 2. The Bertz CT molecular complexity index is 358. The van der Waals surface area contributed by atoms with Crippen LogP contribution in [0, 0.1) is 5.92 Å². The van der Waals surface area contributed by atoms with E-state index in [1.165, 1.54) is 37.9 Å². The maximum Gasteiger partial charge on any atom is 0.119 e. The van der Waals surface area contributed by atoms with Gasteiger partial charge in [0.05, 0.1) is 6.61 Å². The van der Waals surface area contributed by atoms with Gasteiger partial charge in [0.15, 0.2) is 0 Å². The summed E-state index contributed by atoms with van der Waals surface area (Å²) in [4.78, 5) is 0. The molecule has 3 heteroatoms. The number of anilines is 1. The standard InChI is InChI=1S/C17H28N2O/c1-2-3-4-12-20-17-9-7-16(8-10-17)19-14-15-6-5-11-18-13-15/h7-10,15,18-19H,2-6,11-14H2,1H3. The lowest BCUT2D eigenvalue weighted by atomic mass is 10.00. The number of piperidine rings is 1. The Kier molecular flexibility index (Phi) is 6.72. The van der Waals surface area contributed by atoms with Crippen LogP contribution in [0.4, 0.5) is 5.69 Å². The number of hydrogen-bond donors (Lipinski definition) is 2. The molecule has 0 spiro atoms. The Labute approximate surface area is 123 Å². The molecule has 1 heterocycles. The quantitative estimate of drug-likeness (QED) is 0.711. The fraction of sp³-hybridized carbons (Fsp3) is 0.647. The lowest BCUT2D eigenvalue weighted by molar-refractivity contribution is 0.306. The molecule has 1 aliphatic heterocycles. The lowest BCUT2D eigenvalue weighted by Gasteiger charge is -2.23. The molecule has 0 amide bonds. The lowest BCUT2D eigenvalue weighted by Crippen LogP contribution is -2.33. The van der Waals surface area contributed by atoms with E-state index in [0.717, 1.165) is 37.8 Å². The van der Waals surface area contributed by atoms with Gasteiger partial charge >= 0.3 is 0 Å². The zero-order chi connectivity index (χ0) is 14.0. The highest BCUT2D eigenvalue weighted by atomic mass is 16.5. The van der Waals surface area contributed by atoms with Crippen LogP contribution in [0.3, 0.4) is 0 Å². The SMILES string of the molecule is CCCCCOc1ccc(NCC2CCCNC2)cc1. The molecule has 112 valence electrons. The summed E-state index contributed by atoms with van der Waals surface area (Å²) >= 11 is 0. The second kappa shape index (κ2) is 8.85. The Morgan fingerprint density at radius 1 is 1.25 bits per heavy atom. The minimum atomic E-state index is 0.758. The van der Waals surface area contributed by atoms with Crippen molar-refractivity contribution < 1.29 is 4.74 Å². The van der Waals surface area contributed by atoms with Crippen LogP contribution in [0.1, 0.15) is 39.0 Å². The third-order valence-electron chi connectivity index (χ3n) is 3.86. The molecule has 0 radical (unpaired) electrons. The maximum absolute atomic E-state index is 5.72. The molecule has 1 saturated heterocycles. The van der Waals surface area contributed by atoms with Crippen LogP contribution >= 0.6 is 0 Å². The van der Waals surface area contributed by atoms with Gasteiger partial charge in [0.2, 0.25) is 0 Å². The predicted octanol–water partition coefficient (Wildman–Crippen LogP) is 3.67. The van der Waals surface area contributed by atoms with Crippen LogP contribution in [-0.4, -0.2) is 26.2 Å². The highest BCUT2D eigenvalue weighted by Gasteiger charge is 2.12. The van der Waals surface area contributed by atoms with E-state index < -0.39 is 0 Å². The van der Waals surface area contributed by atoms with E-state index >= 15 is 0 Å². The molecule has 0 aliphatic carbocycles. The molecule has 20 heavy (non-hydrogen) atoms. The van der Waals surface area contributed by atoms with Gasteiger partial charge in [-0.2, -0.15) is 0 Å². The van der Waals surface area contributed by atoms with Gasteiger partial charge in [-0.3, -0.25) is 0 Å². The monoisotopic (exact) mass is 276 g/mol. The van der Waals surface area contributed by atoms with Gasteiger partial charge in [-0.15, -0.1) is 0 Å². The van der Waals surface area contributed by atoms with Crippen LogP contribution in [0.25, 0.3) is 0 Å². The number of benzene rings is 1. The van der Waals surface area contributed by atoms with E-state index in [0.29, 0.717) is 0 Å². The molecular weight excluding hydrogens is 248 g/mol. The topological polar surface area (TPSA) is 33.3 Å². The summed E-state index contributed by atoms with van der Waals surface area (Å²) < 4.78 is 5.72. The van der Waals surface area contributed by atoms with Gasteiger partial charge in [0, 0.05) is 12.2 Å². The molecule has 0 bridgehead atoms. The third-order valence-corrected chi connectivity index (χ3v) is 3.86. The van der Waals surface area contributed by atoms with Gasteiger partial charge in [-0.25, -0.2) is 0 Å². The Morgan fingerprint density at radius 2 is 2.10 bits per heavy atom. The van der Waals surface area contributed by atoms with Gasteiger partial charge in [-0.1, -0.05) is 19.8 Å². The average molecular weight is 276 g/mol. The van der Waals surface area contributed by atoms with Gasteiger partial charge in [0.1, 0.15) is 5.75 Å². The molecule has 1 atom stereocenters. The summed E-state index contributed by atoms with van der Waals surface area (Å²) in [5, 5.41) is 6.98. The summed E-state index contributed by atoms with van der Waals surface area (Å²) in [6.45, 7) is 6.42. The minimum absolute atomic E-state index is 0.758. The van der Waals surface area contributed by atoms with Crippen molar-refractivity contribution in [2.24, 2.45) is 5.92 Å². The highest BCUT2D eigenvalue weighted by molar-refractivity contribution is 5.46. The maximum atomic E-state index is 5.72. The van der Waals surface area contributed by atoms with Gasteiger partial charge in [-0.05, 0) is 62.5 Å². The zero-order valence-electron chi connectivity index (χ0n) is 12.7. The first kappa shape index (κ1) is 15.2. The second-order valence-corrected chi connectivity index (χ2v) is 5.67. The highest BCUT2D eigenvalue weighted by Crippen LogP contribution is 2.17. The molecule has 2 rings (SSSR count). The average Bonchev–Trinajstić information content (AvgIpc) is 2.52. The molecule has 1 aromatic rings. The van der Waals surface area contributed by atoms with E-state index in [-0.39, 0.29) is 0 Å². The number of unbranched alkanes of at least 4 members (excludes halogenated alkanes) is 2. The van der Waals surface area contributed by atoms with Crippen molar-refractivity contribution in [1.29, 1.82) is 0 Å². The molecule has 1 aromatic carbocycles. The van der Waals surface area contributed by atoms with Crippen molar-refractivity contribution in [2.45, 2.75) is 39.0 Å². The fourth-order valence-corrected chi connectivity index (χ4v) is 2.57. The zero-order valence-corrected chi connectivity index (χ0v) is 12.7. The fourth-order valence-electron chi connectivity index (χ4n) is 2.57. The largest absolute Gasteiger partial charge is 0.494 e. The molecule has 0 saturated carbocycles. The van der Waals surface area contributed by atoms with Gasteiger partial charge in [0.25, 0.3) is 0 Å². The summed E-state index contributed by atoms with van der Waals surface area (Å²) in [5.41, 5.74) is 1.19. The molecule has 2 N–H and O–H groups in total. The number of ether oxygens (including phenoxy) is 1. The smallest absolute Gasteiger partial charge is 0.119 e. The predicted molar refractivity (Wildman–Crippen MR) is 85.5 cm³/mol. The van der Waals surface area contributed by atoms with Crippen LogP contribution < -0.4 is 15.4 Å². The summed E-state index contributed by atoms with van der Waals surface area (Å²) in [5.74, 6) is 1.74. The minimum Gasteiger partial charge on any atom is -0.494 e. The normalized spacial score (nSPS) is 18.8. The summed E-state index contributed by atoms with van der Waals surface area (Å²) in [6, 6.07) is 8.36. The summed E-state index contributed by atoms with van der Waals surface area (Å²) in [7, 11) is 0. The molecule has 0 aromatic heterocycles. The van der Waals surface area contributed by atoms with E-state index in [9.17, 15) is 0 Å². The molecule has 1 unspecified atom stereocenters. The summed E-state index contributed by atoms with van der Waals surface area (Å²) in [6.07, 6.45) is 6.26. The van der Waals surface area contributed by atoms with Crippen molar-refractivity contribution in [3.8, 4) is 5.75 Å². The first-order valence-electron chi connectivity index (χ1n) is 8.06. The van der Waals surface area contributed by atoms with Crippen LogP contribution in [0.5, 0.6) is 5.75 Å². The number of rotatable bonds is 8. The first-order chi connectivity index (χ1) is 9.88. The Hall–Kier alpha value is -1.22. The van der Waals surface area contributed by atoms with Gasteiger partial charge < -0.3 is 15.4 Å². The van der Waals surface area contributed by atoms with Crippen molar-refractivity contribution in [3.05, 3.63) is 24.3 Å². The molecular formula is C17H28N2O. The Balaban J connectivity index is 1.68. The number of hydrogen-bond acceptors (Lipinski definition) is 3. The molecule has 3 nitrogen and oxygen atoms in total. The van der Waals surface area contributed by atoms with E-state index in [1.54, 1.807) is 0 Å². The van der Waals surface area contributed by atoms with Crippen LogP contribution in [0.2, 0.25) is 0 Å². The van der Waals surface area contributed by atoms with Crippen molar-refractivity contribution in [3.63, 3.8) is 0 Å². The molecule has 1 fully saturated rings. The van der Waals surface area contributed by atoms with Crippen LogP contribution in [-0.2, 0) is 0 Å². The van der Waals surface area contributed by atoms with Crippen molar-refractivity contribution in [2.75, 3.05) is 31.6 Å². The van der Waals surface area contributed by atoms with E-state index in [2.05, 4.69) is 41.8 Å². The van der Waals surface area contributed by atoms with Crippen molar-refractivity contribution in [1.82, 2.24) is 5.32 Å². The van der Waals surface area contributed by atoms with Crippen molar-refractivity contribution >= 4 is 5.69 Å². The first-order valence-corrected chi connectivity index (χ1v) is 8.06. The van der Waals surface area contributed by atoms with E-state index in [4.69, 9.17) is 4.74 Å². The van der Waals surface area contributed by atoms with E-state index in [1.807, 2.05) is 0 Å². The third kappa shape index (κ3) is 5.41. The van der Waals surface area contributed by atoms with Crippen LogP contribution in [0.15, 0.2) is 24.3 Å². The molecule has 1 aliphatic rings.